The van der Waals surface area contributed by atoms with Crippen LogP contribution in [0.3, 0.4) is 0 Å². The highest BCUT2D eigenvalue weighted by Crippen LogP contribution is 2.33. The third-order valence-corrected chi connectivity index (χ3v) is 4.98. The lowest BCUT2D eigenvalue weighted by Gasteiger charge is -2.29. The quantitative estimate of drug-likeness (QED) is 0.736. The molecule has 0 spiro atoms. The van der Waals surface area contributed by atoms with Gasteiger partial charge in [0.15, 0.2) is 0 Å². The van der Waals surface area contributed by atoms with Gasteiger partial charge in [0.25, 0.3) is 0 Å². The molecule has 0 saturated heterocycles. The summed E-state index contributed by atoms with van der Waals surface area (Å²) in [6, 6.07) is 19.2. The second-order valence-corrected chi connectivity index (χ2v) is 6.15. The zero-order chi connectivity index (χ0) is 17.1. The lowest BCUT2D eigenvalue weighted by Crippen LogP contribution is -2.30. The third-order valence-electron chi connectivity index (χ3n) is 4.98. The van der Waals surface area contributed by atoms with Gasteiger partial charge in [0.2, 0.25) is 0 Å². The van der Waals surface area contributed by atoms with Gasteiger partial charge in [-0.25, -0.2) is 0 Å². The molecule has 2 aromatic carbocycles. The van der Waals surface area contributed by atoms with Gasteiger partial charge in [0.05, 0.1) is 12.6 Å². The lowest BCUT2D eigenvalue weighted by atomic mass is 10.0. The topological polar surface area (TPSA) is 28.4 Å². The summed E-state index contributed by atoms with van der Waals surface area (Å²) >= 11 is 0. The molecule has 0 aliphatic heterocycles. The number of likely N-dealkylation sites (N-methyl/N-ethyl adjacent to an activating group) is 1. The van der Waals surface area contributed by atoms with Gasteiger partial charge < -0.3 is 9.67 Å². The standard InChI is InChI=1S/C21H26N2O/c1-4-23(5-2)21(15-24)17-12-9-13-19-18(17)14-20(22(19)3)16-10-7-6-8-11-16/h6-14,21,24H,4-5,15H2,1-3H3. The van der Waals surface area contributed by atoms with Crippen molar-refractivity contribution in [3.8, 4) is 11.3 Å². The number of aryl methyl sites for hydroxylation is 1. The minimum atomic E-state index is 0.0368. The van der Waals surface area contributed by atoms with E-state index in [0.717, 1.165) is 13.1 Å². The first-order valence-corrected chi connectivity index (χ1v) is 8.69. The van der Waals surface area contributed by atoms with Crippen molar-refractivity contribution in [2.75, 3.05) is 19.7 Å². The maximum absolute atomic E-state index is 10.0. The molecule has 0 saturated carbocycles. The van der Waals surface area contributed by atoms with Crippen molar-refractivity contribution < 1.29 is 5.11 Å². The predicted molar refractivity (Wildman–Crippen MR) is 101 cm³/mol. The lowest BCUT2D eigenvalue weighted by molar-refractivity contribution is 0.135. The number of benzene rings is 2. The first-order valence-electron chi connectivity index (χ1n) is 8.69. The molecule has 0 radical (unpaired) electrons. The smallest absolute Gasteiger partial charge is 0.0628 e. The third kappa shape index (κ3) is 2.85. The molecular weight excluding hydrogens is 296 g/mol. The van der Waals surface area contributed by atoms with Crippen molar-refractivity contribution in [2.24, 2.45) is 7.05 Å². The number of fused-ring (bicyclic) bond motifs is 1. The van der Waals surface area contributed by atoms with Gasteiger partial charge in [0, 0.05) is 23.6 Å². The van der Waals surface area contributed by atoms with Crippen molar-refractivity contribution >= 4 is 10.9 Å². The Bertz CT molecular complexity index is 803. The molecule has 1 aromatic heterocycles. The number of aliphatic hydroxyl groups excluding tert-OH is 1. The highest BCUT2D eigenvalue weighted by molar-refractivity contribution is 5.90. The molecule has 1 N–H and O–H groups in total. The molecule has 1 atom stereocenters. The number of aromatic nitrogens is 1. The fourth-order valence-corrected chi connectivity index (χ4v) is 3.63. The normalized spacial score (nSPS) is 12.9. The summed E-state index contributed by atoms with van der Waals surface area (Å²) in [5, 5.41) is 11.2. The van der Waals surface area contributed by atoms with Crippen LogP contribution in [0, 0.1) is 0 Å². The fourth-order valence-electron chi connectivity index (χ4n) is 3.63. The van der Waals surface area contributed by atoms with Crippen LogP contribution in [0.4, 0.5) is 0 Å². The van der Waals surface area contributed by atoms with Gasteiger partial charge >= 0.3 is 0 Å². The Morgan fingerprint density at radius 2 is 1.71 bits per heavy atom. The Labute approximate surface area is 144 Å². The highest BCUT2D eigenvalue weighted by Gasteiger charge is 2.21. The zero-order valence-electron chi connectivity index (χ0n) is 14.7. The molecule has 0 aliphatic rings. The molecule has 1 heterocycles. The van der Waals surface area contributed by atoms with Crippen LogP contribution in [0.2, 0.25) is 0 Å². The second-order valence-electron chi connectivity index (χ2n) is 6.15. The average molecular weight is 322 g/mol. The molecule has 0 fully saturated rings. The van der Waals surface area contributed by atoms with E-state index in [1.807, 2.05) is 6.07 Å². The first kappa shape index (κ1) is 16.7. The molecule has 126 valence electrons. The van der Waals surface area contributed by atoms with E-state index in [2.05, 4.69) is 78.9 Å². The van der Waals surface area contributed by atoms with Crippen LogP contribution < -0.4 is 0 Å². The van der Waals surface area contributed by atoms with Crippen molar-refractivity contribution in [1.29, 1.82) is 0 Å². The predicted octanol–water partition coefficient (Wildman–Crippen LogP) is 4.22. The number of nitrogens with zero attached hydrogens (tertiary/aromatic N) is 2. The first-order chi connectivity index (χ1) is 11.7. The van der Waals surface area contributed by atoms with Crippen molar-refractivity contribution in [3.05, 3.63) is 60.2 Å². The summed E-state index contributed by atoms with van der Waals surface area (Å²) in [4.78, 5) is 2.31. The van der Waals surface area contributed by atoms with Crippen molar-refractivity contribution in [3.63, 3.8) is 0 Å². The summed E-state index contributed by atoms with van der Waals surface area (Å²) in [5.74, 6) is 0. The molecule has 0 aliphatic carbocycles. The Morgan fingerprint density at radius 3 is 2.33 bits per heavy atom. The fraction of sp³-hybridized carbons (Fsp3) is 0.333. The summed E-state index contributed by atoms with van der Waals surface area (Å²) < 4.78 is 2.24. The van der Waals surface area contributed by atoms with Crippen LogP contribution in [-0.2, 0) is 7.05 Å². The van der Waals surface area contributed by atoms with Gasteiger partial charge in [-0.15, -0.1) is 0 Å². The van der Waals surface area contributed by atoms with E-state index in [4.69, 9.17) is 0 Å². The highest BCUT2D eigenvalue weighted by atomic mass is 16.3. The van der Waals surface area contributed by atoms with E-state index in [-0.39, 0.29) is 12.6 Å². The minimum Gasteiger partial charge on any atom is -0.394 e. The molecule has 24 heavy (non-hydrogen) atoms. The summed E-state index contributed by atoms with van der Waals surface area (Å²) in [5.41, 5.74) is 4.83. The minimum absolute atomic E-state index is 0.0368. The second kappa shape index (κ2) is 7.20. The SMILES string of the molecule is CCN(CC)C(CO)c1cccc2c1cc(-c1ccccc1)n2C. The Hall–Kier alpha value is -2.10. The van der Waals surface area contributed by atoms with E-state index in [1.54, 1.807) is 0 Å². The number of hydrogen-bond donors (Lipinski definition) is 1. The molecule has 0 bridgehead atoms. The van der Waals surface area contributed by atoms with Crippen molar-refractivity contribution in [1.82, 2.24) is 9.47 Å². The Balaban J connectivity index is 2.17. The molecule has 1 unspecified atom stereocenters. The van der Waals surface area contributed by atoms with Crippen LogP contribution in [-0.4, -0.2) is 34.3 Å². The molecular formula is C21H26N2O. The van der Waals surface area contributed by atoms with Gasteiger partial charge in [-0.3, -0.25) is 4.90 Å². The molecule has 0 amide bonds. The monoisotopic (exact) mass is 322 g/mol. The molecule has 3 aromatic rings. The van der Waals surface area contributed by atoms with Gasteiger partial charge in [0.1, 0.15) is 0 Å². The summed E-state index contributed by atoms with van der Waals surface area (Å²) in [7, 11) is 2.11. The van der Waals surface area contributed by atoms with Gasteiger partial charge in [-0.1, -0.05) is 56.3 Å². The Kier molecular flexibility index (Phi) is 5.03. The van der Waals surface area contributed by atoms with E-state index in [9.17, 15) is 5.11 Å². The summed E-state index contributed by atoms with van der Waals surface area (Å²) in [6.07, 6.45) is 0. The average Bonchev–Trinajstić information content (AvgIpc) is 2.97. The van der Waals surface area contributed by atoms with E-state index in [1.165, 1.54) is 27.7 Å². The van der Waals surface area contributed by atoms with Crippen molar-refractivity contribution in [2.45, 2.75) is 19.9 Å². The number of rotatable bonds is 6. The number of aliphatic hydroxyl groups is 1. The van der Waals surface area contributed by atoms with Crippen LogP contribution in [0.1, 0.15) is 25.5 Å². The molecule has 3 nitrogen and oxygen atoms in total. The van der Waals surface area contributed by atoms with E-state index < -0.39 is 0 Å². The van der Waals surface area contributed by atoms with Crippen LogP contribution in [0.15, 0.2) is 54.6 Å². The molecule has 3 heteroatoms. The van der Waals surface area contributed by atoms with E-state index >= 15 is 0 Å². The van der Waals surface area contributed by atoms with Crippen LogP contribution >= 0.6 is 0 Å². The maximum atomic E-state index is 10.0. The van der Waals surface area contributed by atoms with Crippen LogP contribution in [0.25, 0.3) is 22.2 Å². The van der Waals surface area contributed by atoms with E-state index in [0.29, 0.717) is 0 Å². The zero-order valence-corrected chi connectivity index (χ0v) is 14.7. The maximum Gasteiger partial charge on any atom is 0.0628 e. The summed E-state index contributed by atoms with van der Waals surface area (Å²) in [6.45, 7) is 6.28. The Morgan fingerprint density at radius 1 is 1.00 bits per heavy atom. The molecule has 3 rings (SSSR count). The number of hydrogen-bond acceptors (Lipinski definition) is 2. The van der Waals surface area contributed by atoms with Gasteiger partial charge in [-0.2, -0.15) is 0 Å². The van der Waals surface area contributed by atoms with Crippen LogP contribution in [0.5, 0.6) is 0 Å². The largest absolute Gasteiger partial charge is 0.394 e. The van der Waals surface area contributed by atoms with Gasteiger partial charge in [-0.05, 0) is 36.3 Å².